The minimum Gasteiger partial charge on any atom is -0.479 e. The molecule has 1 atom stereocenters. The second-order valence-corrected chi connectivity index (χ2v) is 5.82. The quantitative estimate of drug-likeness (QED) is 0.642. The molecule has 0 saturated carbocycles. The number of ether oxygens (including phenoxy) is 1. The summed E-state index contributed by atoms with van der Waals surface area (Å²) >= 11 is 0. The van der Waals surface area contributed by atoms with Crippen molar-refractivity contribution in [1.82, 2.24) is 14.6 Å². The van der Waals surface area contributed by atoms with E-state index in [0.29, 0.717) is 28.3 Å². The third kappa shape index (κ3) is 3.19. The lowest BCUT2D eigenvalue weighted by atomic mass is 10.0. The van der Waals surface area contributed by atoms with Crippen molar-refractivity contribution in [3.05, 3.63) is 36.0 Å². The summed E-state index contributed by atoms with van der Waals surface area (Å²) in [5, 5.41) is 10.5. The molecule has 2 aromatic heterocycles. The lowest BCUT2D eigenvalue weighted by Crippen LogP contribution is -2.11. The molecule has 26 heavy (non-hydrogen) atoms. The van der Waals surface area contributed by atoms with Crippen LogP contribution in [0.3, 0.4) is 0 Å². The van der Waals surface area contributed by atoms with E-state index in [1.807, 2.05) is 0 Å². The van der Waals surface area contributed by atoms with Gasteiger partial charge in [0.05, 0.1) is 24.6 Å². The Morgan fingerprint density at radius 3 is 2.85 bits per heavy atom. The Hall–Kier alpha value is -3.10. The summed E-state index contributed by atoms with van der Waals surface area (Å²) in [4.78, 5) is 4.20. The minimum atomic E-state index is -1.08. The molecule has 136 valence electrons. The molecule has 0 radical (unpaired) electrons. The van der Waals surface area contributed by atoms with Crippen LogP contribution in [-0.4, -0.2) is 34.4 Å². The monoisotopic (exact) mass is 360 g/mol. The number of nitrogens with one attached hydrogen (secondary N) is 2. The van der Waals surface area contributed by atoms with Crippen molar-refractivity contribution in [2.45, 2.75) is 20.0 Å². The van der Waals surface area contributed by atoms with E-state index in [1.54, 1.807) is 25.1 Å². The van der Waals surface area contributed by atoms with Crippen molar-refractivity contribution < 1.29 is 13.5 Å². The molecule has 0 aliphatic carbocycles. The average Bonchev–Trinajstić information content (AvgIpc) is 2.94. The van der Waals surface area contributed by atoms with Gasteiger partial charge in [-0.05, 0) is 31.5 Å². The third-order valence-corrected chi connectivity index (χ3v) is 3.83. The normalized spacial score (nSPS) is 12.2. The molecule has 0 amide bonds. The van der Waals surface area contributed by atoms with E-state index < -0.39 is 12.0 Å². The number of alkyl halides is 1. The predicted octanol–water partition coefficient (Wildman–Crippen LogP) is 4.28. The van der Waals surface area contributed by atoms with E-state index in [9.17, 15) is 8.78 Å². The van der Waals surface area contributed by atoms with Gasteiger partial charge >= 0.3 is 0 Å². The van der Waals surface area contributed by atoms with E-state index in [-0.39, 0.29) is 18.0 Å². The van der Waals surface area contributed by atoms with Crippen LogP contribution < -0.4 is 10.1 Å². The summed E-state index contributed by atoms with van der Waals surface area (Å²) < 4.78 is 34.5. The number of nitrogens with zero attached hydrogens (tertiary/aromatic N) is 4. The van der Waals surface area contributed by atoms with Crippen molar-refractivity contribution in [1.29, 1.82) is 5.53 Å². The SMILES string of the molecule is COc1nc(C)nn2cc(F)c(-c3ccc(N=N)c(NC[C@H](C)F)c3)c12. The predicted molar refractivity (Wildman–Crippen MR) is 93.5 cm³/mol. The first-order valence-electron chi connectivity index (χ1n) is 7.94. The molecule has 1 aromatic carbocycles. The Kier molecular flexibility index (Phi) is 4.79. The van der Waals surface area contributed by atoms with Gasteiger partial charge in [-0.25, -0.2) is 18.8 Å². The van der Waals surface area contributed by atoms with Crippen LogP contribution in [-0.2, 0) is 0 Å². The van der Waals surface area contributed by atoms with Gasteiger partial charge in [-0.2, -0.15) is 15.2 Å². The van der Waals surface area contributed by atoms with Crippen molar-refractivity contribution in [2.75, 3.05) is 19.0 Å². The van der Waals surface area contributed by atoms with Gasteiger partial charge in [0.2, 0.25) is 5.88 Å². The molecule has 2 heterocycles. The summed E-state index contributed by atoms with van der Waals surface area (Å²) in [6.07, 6.45) is 0.169. The molecule has 0 aliphatic heterocycles. The molecule has 0 bridgehead atoms. The summed E-state index contributed by atoms with van der Waals surface area (Å²) in [6.45, 7) is 3.15. The maximum Gasteiger partial charge on any atom is 0.242 e. The van der Waals surface area contributed by atoms with Crippen molar-refractivity contribution >= 4 is 16.9 Å². The second-order valence-electron chi connectivity index (χ2n) is 5.82. The van der Waals surface area contributed by atoms with Gasteiger partial charge in [0, 0.05) is 6.54 Å². The van der Waals surface area contributed by atoms with E-state index in [4.69, 9.17) is 10.3 Å². The average molecular weight is 360 g/mol. The molecule has 3 aromatic rings. The first-order valence-corrected chi connectivity index (χ1v) is 7.94. The third-order valence-electron chi connectivity index (χ3n) is 3.83. The molecular weight excluding hydrogens is 342 g/mol. The van der Waals surface area contributed by atoms with Gasteiger partial charge in [0.15, 0.2) is 5.82 Å². The number of halogens is 2. The van der Waals surface area contributed by atoms with Crippen LogP contribution in [0.2, 0.25) is 0 Å². The number of fused-ring (bicyclic) bond motifs is 1. The molecule has 0 unspecified atom stereocenters. The Bertz CT molecular complexity index is 970. The van der Waals surface area contributed by atoms with E-state index >= 15 is 0 Å². The summed E-state index contributed by atoms with van der Waals surface area (Å²) in [5.41, 5.74) is 9.17. The fraction of sp³-hybridized carbons (Fsp3) is 0.294. The van der Waals surface area contributed by atoms with Gasteiger partial charge < -0.3 is 10.1 Å². The van der Waals surface area contributed by atoms with Crippen LogP contribution in [0, 0.1) is 18.3 Å². The second kappa shape index (κ2) is 7.03. The molecular formula is C17H18F2N6O. The number of rotatable bonds is 6. The molecule has 0 fully saturated rings. The van der Waals surface area contributed by atoms with E-state index in [1.165, 1.54) is 24.7 Å². The van der Waals surface area contributed by atoms with Crippen LogP contribution in [0.1, 0.15) is 12.7 Å². The fourth-order valence-corrected chi connectivity index (χ4v) is 2.72. The molecule has 0 spiro atoms. The number of methoxy groups -OCH3 is 1. The van der Waals surface area contributed by atoms with Crippen LogP contribution in [0.15, 0.2) is 29.5 Å². The van der Waals surface area contributed by atoms with Crippen molar-refractivity contribution in [2.24, 2.45) is 5.11 Å². The van der Waals surface area contributed by atoms with Gasteiger partial charge in [-0.1, -0.05) is 6.07 Å². The first-order chi connectivity index (χ1) is 12.4. The van der Waals surface area contributed by atoms with Gasteiger partial charge in [0.25, 0.3) is 0 Å². The molecule has 3 rings (SSSR count). The van der Waals surface area contributed by atoms with Crippen LogP contribution in [0.5, 0.6) is 5.88 Å². The highest BCUT2D eigenvalue weighted by molar-refractivity contribution is 5.87. The highest BCUT2D eigenvalue weighted by atomic mass is 19.1. The lowest BCUT2D eigenvalue weighted by Gasteiger charge is -2.12. The van der Waals surface area contributed by atoms with E-state index in [0.717, 1.165) is 0 Å². The molecule has 7 nitrogen and oxygen atoms in total. The molecule has 0 aliphatic rings. The fourth-order valence-electron chi connectivity index (χ4n) is 2.72. The Balaban J connectivity index is 2.19. The summed E-state index contributed by atoms with van der Waals surface area (Å²) in [5.74, 6) is 0.194. The topological polar surface area (TPSA) is 87.7 Å². The summed E-state index contributed by atoms with van der Waals surface area (Å²) in [6, 6.07) is 4.82. The zero-order valence-corrected chi connectivity index (χ0v) is 14.5. The van der Waals surface area contributed by atoms with Crippen LogP contribution in [0.25, 0.3) is 16.6 Å². The number of hydrogen-bond acceptors (Lipinski definition) is 6. The number of aryl methyl sites for hydroxylation is 1. The van der Waals surface area contributed by atoms with Crippen molar-refractivity contribution in [3.63, 3.8) is 0 Å². The maximum atomic E-state index is 14.7. The maximum absolute atomic E-state index is 14.7. The summed E-state index contributed by atoms with van der Waals surface area (Å²) in [7, 11) is 1.45. The Morgan fingerprint density at radius 1 is 1.42 bits per heavy atom. The standard InChI is InChI=1S/C17H18F2N6O/c1-9(18)7-21-14-6-11(4-5-13(14)23-20)15-12(19)8-25-16(15)17(26-3)22-10(2)24-25/h4-6,8-9,20-21H,7H2,1-3H3/t9-/m0/s1. The largest absolute Gasteiger partial charge is 0.479 e. The number of benzene rings is 1. The number of aromatic nitrogens is 3. The van der Waals surface area contributed by atoms with Crippen LogP contribution >= 0.6 is 0 Å². The highest BCUT2D eigenvalue weighted by Gasteiger charge is 2.20. The minimum absolute atomic E-state index is 0.0522. The molecule has 0 saturated heterocycles. The van der Waals surface area contributed by atoms with Crippen molar-refractivity contribution in [3.8, 4) is 17.0 Å². The zero-order chi connectivity index (χ0) is 18.8. The number of hydrogen-bond donors (Lipinski definition) is 2. The number of anilines is 1. The Morgan fingerprint density at radius 2 is 2.19 bits per heavy atom. The van der Waals surface area contributed by atoms with E-state index in [2.05, 4.69) is 20.5 Å². The van der Waals surface area contributed by atoms with Crippen LogP contribution in [0.4, 0.5) is 20.2 Å². The molecule has 9 heteroatoms. The van der Waals surface area contributed by atoms with Gasteiger partial charge in [0.1, 0.15) is 23.2 Å². The Labute approximate surface area is 148 Å². The van der Waals surface area contributed by atoms with Gasteiger partial charge in [-0.15, -0.1) is 0 Å². The molecule has 2 N–H and O–H groups in total. The van der Waals surface area contributed by atoms with Gasteiger partial charge in [-0.3, -0.25) is 0 Å². The highest BCUT2D eigenvalue weighted by Crippen LogP contribution is 2.37. The zero-order valence-electron chi connectivity index (χ0n) is 14.5. The smallest absolute Gasteiger partial charge is 0.242 e. The lowest BCUT2D eigenvalue weighted by molar-refractivity contribution is 0.378. The first kappa shape index (κ1) is 17.7.